The van der Waals surface area contributed by atoms with Crippen LogP contribution in [0.3, 0.4) is 0 Å². The summed E-state index contributed by atoms with van der Waals surface area (Å²) in [5, 5.41) is 25.6. The molecular weight excluding hydrogens is 1170 g/mol. The highest BCUT2D eigenvalue weighted by molar-refractivity contribution is 6.14. The van der Waals surface area contributed by atoms with Gasteiger partial charge in [0.25, 0.3) is 0 Å². The van der Waals surface area contributed by atoms with Crippen LogP contribution in [0, 0.1) is 22.7 Å². The fourth-order valence-corrected chi connectivity index (χ4v) is 13.1. The minimum Gasteiger partial charge on any atom is -0.307 e. The Morgan fingerprint density at radius 1 is 0.287 bits per heavy atom. The first kappa shape index (κ1) is 56.4. The van der Waals surface area contributed by atoms with Crippen LogP contribution in [0.1, 0.15) is 16.7 Å². The molecule has 0 N–H and O–H groups in total. The first-order chi connectivity index (χ1) is 46.1. The van der Waals surface area contributed by atoms with Crippen molar-refractivity contribution in [2.75, 3.05) is 0 Å². The Kier molecular flexibility index (Phi) is 13.9. The Morgan fingerprint density at radius 3 is 0.883 bits per heavy atom. The van der Waals surface area contributed by atoms with E-state index >= 15 is 13.2 Å². The third-order valence-electron chi connectivity index (χ3n) is 17.7. The molecule has 16 aromatic rings. The summed E-state index contributed by atoms with van der Waals surface area (Å²) < 4.78 is 50.9. The lowest BCUT2D eigenvalue weighted by atomic mass is 9.90. The quantitative estimate of drug-likeness (QED) is 0.128. The Morgan fingerprint density at radius 2 is 0.596 bits per heavy atom. The van der Waals surface area contributed by atoms with Crippen LogP contribution in [-0.4, -0.2) is 29.1 Å². The van der Waals surface area contributed by atoms with Crippen molar-refractivity contribution < 1.29 is 13.2 Å². The lowest BCUT2D eigenvalue weighted by Gasteiger charge is -2.21. The summed E-state index contributed by atoms with van der Waals surface area (Å²) in [4.78, 5) is 19.6. The van der Waals surface area contributed by atoms with Crippen LogP contribution >= 0.6 is 0 Å². The van der Waals surface area contributed by atoms with E-state index < -0.39 is 11.7 Å². The molecule has 11 heteroatoms. The first-order valence-corrected chi connectivity index (χ1v) is 30.6. The fourth-order valence-electron chi connectivity index (χ4n) is 13.1. The second-order valence-corrected chi connectivity index (χ2v) is 23.1. The molecule has 16 rings (SSSR count). The van der Waals surface area contributed by atoms with Crippen molar-refractivity contribution in [2.24, 2.45) is 0 Å². The largest absolute Gasteiger partial charge is 0.417 e. The number of hydrogen-bond donors (Lipinski definition) is 0. The number of rotatable bonds is 11. The number of pyridine rings is 4. The van der Waals surface area contributed by atoms with Gasteiger partial charge in [0.05, 0.1) is 85.0 Å². The molecule has 0 unspecified atom stereocenters. The lowest BCUT2D eigenvalue weighted by Crippen LogP contribution is -2.10. The molecule has 0 aliphatic carbocycles. The molecule has 0 aliphatic heterocycles. The van der Waals surface area contributed by atoms with Gasteiger partial charge in [0, 0.05) is 102 Å². The number of alkyl halides is 3. The smallest absolute Gasteiger partial charge is 0.307 e. The molecule has 0 radical (unpaired) electrons. The maximum atomic E-state index is 15.6. The Hall–Kier alpha value is -12.8. The van der Waals surface area contributed by atoms with Gasteiger partial charge in [-0.3, -0.25) is 19.9 Å². The monoisotopic (exact) mass is 1210 g/mol. The molecule has 0 atom stereocenters. The van der Waals surface area contributed by atoms with Gasteiger partial charge in [0.15, 0.2) is 0 Å². The molecule has 94 heavy (non-hydrogen) atoms. The van der Waals surface area contributed by atoms with Gasteiger partial charge in [-0.1, -0.05) is 176 Å². The van der Waals surface area contributed by atoms with Gasteiger partial charge in [0.1, 0.15) is 0 Å². The lowest BCUT2D eigenvalue weighted by molar-refractivity contribution is -0.137. The SMILES string of the molecule is N#Cc1cc(-n2c3ccc(-c4ccc(-c5ccccc5)nc4)cc3c3cc(-c4ccc(-c5ccccc5)nc4)ccc32)c(-n2c3ccc(-c4ccc(-c5ccccc5)nc4)cc3c3cc(-c4ccc(-c5ccccc5)nc4)ccc32)cc1-c1c(C#N)cccc1C(F)(F)F. The Balaban J connectivity index is 0.964. The van der Waals surface area contributed by atoms with Gasteiger partial charge in [-0.2, -0.15) is 23.7 Å². The Labute approximate surface area is 538 Å². The van der Waals surface area contributed by atoms with E-state index in [0.29, 0.717) is 11.4 Å². The van der Waals surface area contributed by atoms with Crippen LogP contribution in [0.15, 0.2) is 298 Å². The summed E-state index contributed by atoms with van der Waals surface area (Å²) >= 11 is 0. The van der Waals surface area contributed by atoms with Gasteiger partial charge >= 0.3 is 6.18 Å². The number of aromatic nitrogens is 6. The minimum atomic E-state index is -4.90. The molecule has 6 heterocycles. The van der Waals surface area contributed by atoms with Gasteiger partial charge < -0.3 is 9.13 Å². The third-order valence-corrected chi connectivity index (χ3v) is 17.7. The number of hydrogen-bond acceptors (Lipinski definition) is 6. The second kappa shape index (κ2) is 23.2. The maximum Gasteiger partial charge on any atom is 0.417 e. The zero-order valence-electron chi connectivity index (χ0n) is 50.0. The summed E-state index contributed by atoms with van der Waals surface area (Å²) in [5.74, 6) is 0. The van der Waals surface area contributed by atoms with E-state index in [1.54, 1.807) is 12.1 Å². The number of nitrogens with zero attached hydrogens (tertiary/aromatic N) is 8. The van der Waals surface area contributed by atoms with E-state index in [2.05, 4.69) is 81.9 Å². The molecule has 0 aliphatic rings. The average Bonchev–Trinajstić information content (AvgIpc) is 1.54. The standard InChI is InChI=1S/C83H49F3N8/c84-83(85,86)71-23-13-22-60(46-87)82(71)66-45-81(94-78-38-30-58(63-26-34-74(91-50-63)54-18-9-3-10-19-54)42-69(78)70-43-59(31-39-79(70)94)64-27-35-75(92-51-64)55-20-11-4-12-21-55)80(44-65(66)47-88)93-76-36-28-56(61-24-32-72(89-48-61)52-14-5-1-6-15-52)40-67(76)68-41-57(29-37-77(68)93)62-25-33-73(90-49-62)53-16-7-2-8-17-53/h1-45,48-51H. The summed E-state index contributed by atoms with van der Waals surface area (Å²) in [6.07, 6.45) is 2.60. The molecule has 8 nitrogen and oxygen atoms in total. The molecule has 6 aromatic heterocycles. The molecule has 0 amide bonds. The van der Waals surface area contributed by atoms with E-state index in [1.165, 1.54) is 12.1 Å². The van der Waals surface area contributed by atoms with Gasteiger partial charge in [-0.15, -0.1) is 0 Å². The van der Waals surface area contributed by atoms with Crippen molar-refractivity contribution in [3.8, 4) is 124 Å². The molecule has 0 fully saturated rings. The molecule has 0 bridgehead atoms. The normalized spacial score (nSPS) is 11.5. The summed E-state index contributed by atoms with van der Waals surface area (Å²) in [6, 6.07) is 92.5. The van der Waals surface area contributed by atoms with Gasteiger partial charge in [0.2, 0.25) is 0 Å². The van der Waals surface area contributed by atoms with Crippen LogP contribution < -0.4 is 0 Å². The van der Waals surface area contributed by atoms with Crippen molar-refractivity contribution in [3.63, 3.8) is 0 Å². The zero-order valence-corrected chi connectivity index (χ0v) is 50.0. The van der Waals surface area contributed by atoms with Gasteiger partial charge in [-0.25, -0.2) is 0 Å². The van der Waals surface area contributed by atoms with E-state index in [4.69, 9.17) is 19.9 Å². The van der Waals surface area contributed by atoms with Gasteiger partial charge in [-0.05, 0) is 119 Å². The van der Waals surface area contributed by atoms with Crippen molar-refractivity contribution in [1.29, 1.82) is 10.5 Å². The topological polar surface area (TPSA) is 109 Å². The van der Waals surface area contributed by atoms with Crippen LogP contribution in [0.5, 0.6) is 0 Å². The van der Waals surface area contributed by atoms with E-state index in [9.17, 15) is 10.5 Å². The van der Waals surface area contributed by atoms with Crippen molar-refractivity contribution >= 4 is 43.6 Å². The average molecular weight is 1220 g/mol. The number of benzene rings is 10. The Bertz CT molecular complexity index is 5400. The predicted molar refractivity (Wildman–Crippen MR) is 370 cm³/mol. The van der Waals surface area contributed by atoms with E-state index in [0.717, 1.165) is 139 Å². The number of nitriles is 2. The number of halogens is 3. The van der Waals surface area contributed by atoms with Crippen molar-refractivity contribution in [3.05, 3.63) is 314 Å². The van der Waals surface area contributed by atoms with Crippen LogP contribution in [-0.2, 0) is 6.18 Å². The summed E-state index contributed by atoms with van der Waals surface area (Å²) in [5.41, 5.74) is 16.6. The van der Waals surface area contributed by atoms with Crippen LogP contribution in [0.25, 0.3) is 156 Å². The highest BCUT2D eigenvalue weighted by Gasteiger charge is 2.36. The molecule has 0 saturated heterocycles. The zero-order chi connectivity index (χ0) is 63.4. The minimum absolute atomic E-state index is 0.0497. The number of fused-ring (bicyclic) bond motifs is 6. The van der Waals surface area contributed by atoms with E-state index in [-0.39, 0.29) is 22.3 Å². The maximum absolute atomic E-state index is 15.6. The van der Waals surface area contributed by atoms with Crippen molar-refractivity contribution in [1.82, 2.24) is 29.1 Å². The van der Waals surface area contributed by atoms with E-state index in [1.807, 2.05) is 207 Å². The molecule has 442 valence electrons. The summed E-state index contributed by atoms with van der Waals surface area (Å²) in [7, 11) is 0. The summed E-state index contributed by atoms with van der Waals surface area (Å²) in [6.45, 7) is 0. The first-order valence-electron chi connectivity index (χ1n) is 30.6. The molecule has 0 saturated carbocycles. The third kappa shape index (κ3) is 10.1. The molecule has 0 spiro atoms. The highest BCUT2D eigenvalue weighted by Crippen LogP contribution is 2.47. The highest BCUT2D eigenvalue weighted by atomic mass is 19.4. The molecule has 10 aromatic carbocycles. The fraction of sp³-hybridized carbons (Fsp3) is 0.0120. The van der Waals surface area contributed by atoms with Crippen LogP contribution in [0.4, 0.5) is 13.2 Å². The molecular formula is C83H49F3N8. The predicted octanol–water partition coefficient (Wildman–Crippen LogP) is 21.2. The second-order valence-electron chi connectivity index (χ2n) is 23.1. The van der Waals surface area contributed by atoms with Crippen LogP contribution in [0.2, 0.25) is 0 Å². The van der Waals surface area contributed by atoms with Crippen molar-refractivity contribution in [2.45, 2.75) is 6.18 Å².